The highest BCUT2D eigenvalue weighted by molar-refractivity contribution is 6.16. The van der Waals surface area contributed by atoms with Crippen LogP contribution in [0.15, 0.2) is 47.5 Å². The standard InChI is InChI=1S/C20H20N2O2/c1-12-4-2-5-13(10-12)19-15-6-3-7-18(24-14-8-9-14)16(15)11-17(23)20(21)22-19/h2-7,10,14,20H,8-9,11,21H2,1H3. The summed E-state index contributed by atoms with van der Waals surface area (Å²) in [5, 5.41) is 0. The first-order valence-electron chi connectivity index (χ1n) is 8.34. The summed E-state index contributed by atoms with van der Waals surface area (Å²) in [6.07, 6.45) is 1.87. The number of nitrogens with zero attached hydrogens (tertiary/aromatic N) is 1. The minimum Gasteiger partial charge on any atom is -0.490 e. The Hall–Kier alpha value is -2.46. The molecular formula is C20H20N2O2. The van der Waals surface area contributed by atoms with Crippen molar-refractivity contribution in [2.75, 3.05) is 0 Å². The Labute approximate surface area is 141 Å². The molecule has 1 aliphatic carbocycles. The summed E-state index contributed by atoms with van der Waals surface area (Å²) < 4.78 is 6.02. The van der Waals surface area contributed by atoms with Crippen molar-refractivity contribution in [3.8, 4) is 5.75 Å². The second-order valence-electron chi connectivity index (χ2n) is 6.53. The molecule has 0 amide bonds. The summed E-state index contributed by atoms with van der Waals surface area (Å²) in [6, 6.07) is 14.0. The van der Waals surface area contributed by atoms with Crippen molar-refractivity contribution in [1.82, 2.24) is 0 Å². The Balaban J connectivity index is 1.87. The molecule has 4 nitrogen and oxygen atoms in total. The number of benzene rings is 2. The molecule has 0 radical (unpaired) electrons. The van der Waals surface area contributed by atoms with Crippen LogP contribution in [-0.2, 0) is 11.2 Å². The summed E-state index contributed by atoms with van der Waals surface area (Å²) in [6.45, 7) is 2.04. The molecule has 24 heavy (non-hydrogen) atoms. The minimum absolute atomic E-state index is 0.0780. The third-order valence-electron chi connectivity index (χ3n) is 4.45. The van der Waals surface area contributed by atoms with E-state index in [1.54, 1.807) is 0 Å². The number of ether oxygens (including phenoxy) is 1. The zero-order chi connectivity index (χ0) is 16.7. The van der Waals surface area contributed by atoms with Crippen LogP contribution < -0.4 is 10.5 Å². The third kappa shape index (κ3) is 2.85. The number of hydrogen-bond acceptors (Lipinski definition) is 4. The van der Waals surface area contributed by atoms with Gasteiger partial charge in [-0.25, -0.2) is 0 Å². The minimum atomic E-state index is -0.832. The molecule has 0 saturated heterocycles. The van der Waals surface area contributed by atoms with E-state index in [2.05, 4.69) is 11.1 Å². The first-order chi connectivity index (χ1) is 11.6. The molecule has 2 aromatic carbocycles. The van der Waals surface area contributed by atoms with Crippen LogP contribution in [0.4, 0.5) is 0 Å². The number of ketones is 1. The van der Waals surface area contributed by atoms with Crippen molar-refractivity contribution in [2.45, 2.75) is 38.5 Å². The van der Waals surface area contributed by atoms with E-state index in [9.17, 15) is 4.79 Å². The smallest absolute Gasteiger partial charge is 0.176 e. The van der Waals surface area contributed by atoms with Crippen molar-refractivity contribution < 1.29 is 9.53 Å². The summed E-state index contributed by atoms with van der Waals surface area (Å²) in [7, 11) is 0. The Kier molecular flexibility index (Phi) is 3.69. The molecule has 4 rings (SSSR count). The number of carbonyl (C=O) groups excluding carboxylic acids is 1. The van der Waals surface area contributed by atoms with Crippen LogP contribution in [0.3, 0.4) is 0 Å². The van der Waals surface area contributed by atoms with Gasteiger partial charge in [0.15, 0.2) is 11.9 Å². The molecule has 2 aliphatic rings. The van der Waals surface area contributed by atoms with Gasteiger partial charge in [-0.1, -0.05) is 35.9 Å². The molecule has 0 aromatic heterocycles. The van der Waals surface area contributed by atoms with Crippen molar-refractivity contribution in [2.24, 2.45) is 10.7 Å². The summed E-state index contributed by atoms with van der Waals surface area (Å²) >= 11 is 0. The molecule has 2 aromatic rings. The normalized spacial score (nSPS) is 20.2. The van der Waals surface area contributed by atoms with Gasteiger partial charge in [-0.05, 0) is 31.9 Å². The molecule has 1 saturated carbocycles. The fourth-order valence-electron chi connectivity index (χ4n) is 3.03. The molecule has 2 N–H and O–H groups in total. The van der Waals surface area contributed by atoms with Crippen LogP contribution in [0.25, 0.3) is 0 Å². The van der Waals surface area contributed by atoms with Gasteiger partial charge in [0.25, 0.3) is 0 Å². The van der Waals surface area contributed by atoms with Gasteiger partial charge in [0.2, 0.25) is 0 Å². The highest BCUT2D eigenvalue weighted by Crippen LogP contribution is 2.33. The lowest BCUT2D eigenvalue weighted by Crippen LogP contribution is -2.29. The first-order valence-corrected chi connectivity index (χ1v) is 8.34. The van der Waals surface area contributed by atoms with E-state index in [0.29, 0.717) is 0 Å². The van der Waals surface area contributed by atoms with Gasteiger partial charge in [0, 0.05) is 23.1 Å². The van der Waals surface area contributed by atoms with Gasteiger partial charge in [0.05, 0.1) is 11.8 Å². The van der Waals surface area contributed by atoms with E-state index in [4.69, 9.17) is 10.5 Å². The van der Waals surface area contributed by atoms with Crippen molar-refractivity contribution in [3.63, 3.8) is 0 Å². The van der Waals surface area contributed by atoms with Gasteiger partial charge in [0.1, 0.15) is 5.75 Å². The summed E-state index contributed by atoms with van der Waals surface area (Å²) in [5.74, 6) is 0.712. The highest BCUT2D eigenvalue weighted by atomic mass is 16.5. The largest absolute Gasteiger partial charge is 0.490 e. The van der Waals surface area contributed by atoms with Crippen LogP contribution in [-0.4, -0.2) is 23.8 Å². The van der Waals surface area contributed by atoms with Crippen LogP contribution in [0, 0.1) is 6.92 Å². The predicted octanol–water partition coefficient (Wildman–Crippen LogP) is 2.78. The second kappa shape index (κ2) is 5.87. The first kappa shape index (κ1) is 15.1. The van der Waals surface area contributed by atoms with Crippen LogP contribution >= 0.6 is 0 Å². The van der Waals surface area contributed by atoms with E-state index >= 15 is 0 Å². The average Bonchev–Trinajstić information content (AvgIpc) is 3.38. The molecule has 0 spiro atoms. The Morgan fingerprint density at radius 2 is 1.96 bits per heavy atom. The number of carbonyl (C=O) groups is 1. The predicted molar refractivity (Wildman–Crippen MR) is 93.6 cm³/mol. The highest BCUT2D eigenvalue weighted by Gasteiger charge is 2.29. The molecule has 1 fully saturated rings. The molecule has 122 valence electrons. The van der Waals surface area contributed by atoms with E-state index in [-0.39, 0.29) is 18.3 Å². The zero-order valence-electron chi connectivity index (χ0n) is 13.7. The molecule has 4 heteroatoms. The summed E-state index contributed by atoms with van der Waals surface area (Å²) in [5.41, 5.74) is 10.8. The third-order valence-corrected chi connectivity index (χ3v) is 4.45. The lowest BCUT2D eigenvalue weighted by atomic mass is 9.94. The average molecular weight is 320 g/mol. The molecule has 0 bridgehead atoms. The van der Waals surface area contributed by atoms with E-state index in [1.165, 1.54) is 0 Å². The van der Waals surface area contributed by atoms with Gasteiger partial charge in [-0.15, -0.1) is 0 Å². The van der Waals surface area contributed by atoms with Crippen LogP contribution in [0.2, 0.25) is 0 Å². The number of Topliss-reactive ketones (excluding diaryl/α,β-unsaturated/α-hetero) is 1. The van der Waals surface area contributed by atoms with E-state index < -0.39 is 6.17 Å². The number of aryl methyl sites for hydroxylation is 1. The fourth-order valence-corrected chi connectivity index (χ4v) is 3.03. The maximum absolute atomic E-state index is 12.4. The van der Waals surface area contributed by atoms with Gasteiger partial charge in [-0.3, -0.25) is 9.79 Å². The quantitative estimate of drug-likeness (QED) is 0.946. The number of nitrogens with two attached hydrogens (primary N) is 1. The number of aliphatic imine (C=N–C) groups is 1. The molecule has 1 aliphatic heterocycles. The van der Waals surface area contributed by atoms with Crippen molar-refractivity contribution >= 4 is 11.5 Å². The van der Waals surface area contributed by atoms with Gasteiger partial charge < -0.3 is 10.5 Å². The molecule has 1 heterocycles. The zero-order valence-corrected chi connectivity index (χ0v) is 13.7. The number of hydrogen-bond donors (Lipinski definition) is 1. The lowest BCUT2D eigenvalue weighted by Gasteiger charge is -2.15. The Morgan fingerprint density at radius 3 is 2.71 bits per heavy atom. The van der Waals surface area contributed by atoms with Crippen LogP contribution in [0.5, 0.6) is 5.75 Å². The van der Waals surface area contributed by atoms with Gasteiger partial charge >= 0.3 is 0 Å². The van der Waals surface area contributed by atoms with Gasteiger partial charge in [-0.2, -0.15) is 0 Å². The van der Waals surface area contributed by atoms with Crippen molar-refractivity contribution in [3.05, 3.63) is 64.7 Å². The number of fused-ring (bicyclic) bond motifs is 1. The molecule has 1 atom stereocenters. The lowest BCUT2D eigenvalue weighted by molar-refractivity contribution is -0.119. The van der Waals surface area contributed by atoms with E-state index in [0.717, 1.165) is 46.6 Å². The number of rotatable bonds is 3. The second-order valence-corrected chi connectivity index (χ2v) is 6.53. The maximum atomic E-state index is 12.4. The monoisotopic (exact) mass is 320 g/mol. The maximum Gasteiger partial charge on any atom is 0.176 e. The van der Waals surface area contributed by atoms with Crippen LogP contribution in [0.1, 0.15) is 35.1 Å². The van der Waals surface area contributed by atoms with E-state index in [1.807, 2.05) is 43.3 Å². The SMILES string of the molecule is Cc1cccc(C2=NC(N)C(=O)Cc3c(OC4CC4)cccc32)c1. The molecule has 1 unspecified atom stereocenters. The fraction of sp³-hybridized carbons (Fsp3) is 0.300. The topological polar surface area (TPSA) is 64.7 Å². The van der Waals surface area contributed by atoms with Crippen molar-refractivity contribution in [1.29, 1.82) is 0 Å². The Morgan fingerprint density at radius 1 is 1.17 bits per heavy atom. The Bertz CT molecular complexity index is 837. The summed E-state index contributed by atoms with van der Waals surface area (Å²) in [4.78, 5) is 16.9. The molecular weight excluding hydrogens is 300 g/mol.